The van der Waals surface area contributed by atoms with Gasteiger partial charge >= 0.3 is 5.97 Å². The van der Waals surface area contributed by atoms with Gasteiger partial charge in [0.2, 0.25) is 0 Å². The highest BCUT2D eigenvalue weighted by Gasteiger charge is 2.17. The third-order valence-electron chi connectivity index (χ3n) is 1.96. The van der Waals surface area contributed by atoms with Crippen LogP contribution in [0.4, 0.5) is 0 Å². The van der Waals surface area contributed by atoms with Crippen molar-refractivity contribution in [3.63, 3.8) is 0 Å². The normalized spacial score (nSPS) is 12.1. The second kappa shape index (κ2) is 4.02. The summed E-state index contributed by atoms with van der Waals surface area (Å²) in [5, 5.41) is 8.83. The minimum atomic E-state index is -1.07. The molecule has 0 aliphatic rings. The lowest BCUT2D eigenvalue weighted by Crippen LogP contribution is -2.21. The van der Waals surface area contributed by atoms with Crippen molar-refractivity contribution in [3.05, 3.63) is 35.4 Å². The Balaban J connectivity index is 3.19. The van der Waals surface area contributed by atoms with Crippen LogP contribution in [0.5, 0.6) is 0 Å². The molecule has 4 heteroatoms. The molecule has 1 aromatic carbocycles. The first-order chi connectivity index (χ1) is 6.54. The third-order valence-corrected chi connectivity index (χ3v) is 1.96. The summed E-state index contributed by atoms with van der Waals surface area (Å²) in [6.07, 6.45) is 0. The molecular weight excluding hydrogens is 182 g/mol. The number of nitrogens with two attached hydrogens (primary N) is 1. The molecular formula is C10H11NO3. The molecule has 0 bridgehead atoms. The fraction of sp³-hybridized carbons (Fsp3) is 0.200. The quantitative estimate of drug-likeness (QED) is 0.749. The van der Waals surface area contributed by atoms with Crippen LogP contribution in [0.3, 0.4) is 0 Å². The third kappa shape index (κ3) is 1.97. The second-order valence-corrected chi connectivity index (χ2v) is 2.98. The Labute approximate surface area is 81.3 Å². The standard InChI is InChI=1S/C10H11NO3/c1-6(12)9(11)7-4-2-3-5-8(7)10(13)14/h2-5,9H,11H2,1H3,(H,13,14). The summed E-state index contributed by atoms with van der Waals surface area (Å²) in [6.45, 7) is 1.34. The van der Waals surface area contributed by atoms with Gasteiger partial charge < -0.3 is 10.8 Å². The molecule has 0 aliphatic heterocycles. The van der Waals surface area contributed by atoms with Crippen LogP contribution in [-0.2, 0) is 4.79 Å². The molecule has 0 saturated carbocycles. The second-order valence-electron chi connectivity index (χ2n) is 2.98. The van der Waals surface area contributed by atoms with E-state index in [9.17, 15) is 9.59 Å². The number of Topliss-reactive ketones (excluding diaryl/α,β-unsaturated/α-hetero) is 1. The van der Waals surface area contributed by atoms with Gasteiger partial charge in [0.15, 0.2) is 5.78 Å². The highest BCUT2D eigenvalue weighted by Crippen LogP contribution is 2.16. The van der Waals surface area contributed by atoms with Gasteiger partial charge in [-0.1, -0.05) is 18.2 Å². The predicted molar refractivity (Wildman–Crippen MR) is 51.0 cm³/mol. The minimum Gasteiger partial charge on any atom is -0.478 e. The number of carboxylic acids is 1. The smallest absolute Gasteiger partial charge is 0.336 e. The summed E-state index contributed by atoms with van der Waals surface area (Å²) in [6, 6.07) is 5.38. The van der Waals surface area contributed by atoms with Crippen LogP contribution >= 0.6 is 0 Å². The van der Waals surface area contributed by atoms with Gasteiger partial charge in [0.1, 0.15) is 0 Å². The first kappa shape index (κ1) is 10.4. The zero-order valence-corrected chi connectivity index (χ0v) is 7.73. The van der Waals surface area contributed by atoms with Crippen molar-refractivity contribution < 1.29 is 14.7 Å². The topological polar surface area (TPSA) is 80.4 Å². The van der Waals surface area contributed by atoms with E-state index in [2.05, 4.69) is 0 Å². The average molecular weight is 193 g/mol. The van der Waals surface area contributed by atoms with Crippen molar-refractivity contribution in [2.45, 2.75) is 13.0 Å². The Bertz CT molecular complexity index is 373. The summed E-state index contributed by atoms with van der Waals surface area (Å²) in [5.74, 6) is -1.32. The number of benzene rings is 1. The fourth-order valence-corrected chi connectivity index (χ4v) is 1.18. The van der Waals surface area contributed by atoms with Crippen molar-refractivity contribution in [1.82, 2.24) is 0 Å². The minimum absolute atomic E-state index is 0.0789. The SMILES string of the molecule is CC(=O)C(N)c1ccccc1C(=O)O. The highest BCUT2D eigenvalue weighted by atomic mass is 16.4. The van der Waals surface area contributed by atoms with E-state index in [-0.39, 0.29) is 11.3 Å². The molecule has 1 unspecified atom stereocenters. The maximum absolute atomic E-state index is 11.0. The predicted octanol–water partition coefficient (Wildman–Crippen LogP) is 0.974. The van der Waals surface area contributed by atoms with Crippen LogP contribution in [-0.4, -0.2) is 16.9 Å². The molecule has 0 spiro atoms. The van der Waals surface area contributed by atoms with Crippen LogP contribution < -0.4 is 5.73 Å². The number of carboxylic acid groups (broad SMARTS) is 1. The molecule has 1 atom stereocenters. The van der Waals surface area contributed by atoms with Crippen molar-refractivity contribution in [3.8, 4) is 0 Å². The molecule has 4 nitrogen and oxygen atoms in total. The van der Waals surface area contributed by atoms with Crippen LogP contribution in [0.2, 0.25) is 0 Å². The first-order valence-electron chi connectivity index (χ1n) is 4.12. The Morgan fingerprint density at radius 2 is 1.93 bits per heavy atom. The molecule has 0 heterocycles. The number of aromatic carboxylic acids is 1. The van der Waals surface area contributed by atoms with Gasteiger partial charge in [0, 0.05) is 0 Å². The summed E-state index contributed by atoms with van der Waals surface area (Å²) in [5.41, 5.74) is 6.00. The van der Waals surface area contributed by atoms with Crippen molar-refractivity contribution >= 4 is 11.8 Å². The summed E-state index contributed by atoms with van der Waals surface area (Å²) in [7, 11) is 0. The van der Waals surface area contributed by atoms with Crippen LogP contribution in [0.15, 0.2) is 24.3 Å². The number of rotatable bonds is 3. The first-order valence-corrected chi connectivity index (χ1v) is 4.12. The zero-order valence-electron chi connectivity index (χ0n) is 7.73. The van der Waals surface area contributed by atoms with E-state index in [0.717, 1.165) is 0 Å². The molecule has 3 N–H and O–H groups in total. The largest absolute Gasteiger partial charge is 0.478 e. The van der Waals surface area contributed by atoms with E-state index >= 15 is 0 Å². The monoisotopic (exact) mass is 193 g/mol. The van der Waals surface area contributed by atoms with Gasteiger partial charge in [-0.15, -0.1) is 0 Å². The van der Waals surface area contributed by atoms with Crippen LogP contribution in [0.25, 0.3) is 0 Å². The van der Waals surface area contributed by atoms with Gasteiger partial charge in [0.25, 0.3) is 0 Å². The lowest BCUT2D eigenvalue weighted by atomic mass is 9.99. The number of hydrogen-bond donors (Lipinski definition) is 2. The van der Waals surface area contributed by atoms with Crippen LogP contribution in [0.1, 0.15) is 28.9 Å². The lowest BCUT2D eigenvalue weighted by molar-refractivity contribution is -0.118. The molecule has 74 valence electrons. The molecule has 0 radical (unpaired) electrons. The van der Waals surface area contributed by atoms with E-state index in [1.807, 2.05) is 0 Å². The molecule has 1 rings (SSSR count). The van der Waals surface area contributed by atoms with Crippen molar-refractivity contribution in [2.75, 3.05) is 0 Å². The number of hydrogen-bond acceptors (Lipinski definition) is 3. The van der Waals surface area contributed by atoms with E-state index in [1.165, 1.54) is 13.0 Å². The van der Waals surface area contributed by atoms with E-state index < -0.39 is 12.0 Å². The molecule has 0 fully saturated rings. The summed E-state index contributed by atoms with van der Waals surface area (Å²) >= 11 is 0. The van der Waals surface area contributed by atoms with Gasteiger partial charge in [0.05, 0.1) is 11.6 Å². The fourth-order valence-electron chi connectivity index (χ4n) is 1.18. The lowest BCUT2D eigenvalue weighted by Gasteiger charge is -2.10. The molecule has 1 aromatic rings. The Hall–Kier alpha value is -1.68. The molecule has 0 saturated heterocycles. The van der Waals surface area contributed by atoms with E-state index in [1.54, 1.807) is 18.2 Å². The van der Waals surface area contributed by atoms with Crippen molar-refractivity contribution in [1.29, 1.82) is 0 Å². The van der Waals surface area contributed by atoms with Crippen LogP contribution in [0, 0.1) is 0 Å². The zero-order chi connectivity index (χ0) is 10.7. The Morgan fingerprint density at radius 3 is 2.43 bits per heavy atom. The molecule has 0 amide bonds. The molecule has 0 aromatic heterocycles. The maximum Gasteiger partial charge on any atom is 0.336 e. The van der Waals surface area contributed by atoms with Gasteiger partial charge in [-0.2, -0.15) is 0 Å². The summed E-state index contributed by atoms with van der Waals surface area (Å²) < 4.78 is 0. The van der Waals surface area contributed by atoms with E-state index in [0.29, 0.717) is 5.56 Å². The molecule has 0 aliphatic carbocycles. The van der Waals surface area contributed by atoms with Crippen molar-refractivity contribution in [2.24, 2.45) is 5.73 Å². The number of ketones is 1. The average Bonchev–Trinajstić information content (AvgIpc) is 2.16. The molecule has 14 heavy (non-hydrogen) atoms. The summed E-state index contributed by atoms with van der Waals surface area (Å²) in [4.78, 5) is 21.8. The van der Waals surface area contributed by atoms with E-state index in [4.69, 9.17) is 10.8 Å². The maximum atomic E-state index is 11.0. The Morgan fingerprint density at radius 1 is 1.36 bits per heavy atom. The van der Waals surface area contributed by atoms with Gasteiger partial charge in [-0.05, 0) is 18.6 Å². The highest BCUT2D eigenvalue weighted by molar-refractivity contribution is 5.93. The number of carbonyl (C=O) groups excluding carboxylic acids is 1. The van der Waals surface area contributed by atoms with Gasteiger partial charge in [-0.25, -0.2) is 4.79 Å². The number of carbonyl (C=O) groups is 2. The van der Waals surface area contributed by atoms with Gasteiger partial charge in [-0.3, -0.25) is 4.79 Å². The Kier molecular flexibility index (Phi) is 2.99.